The third-order valence-electron chi connectivity index (χ3n) is 2.69. The van der Waals surface area contributed by atoms with Crippen LogP contribution in [0, 0.1) is 6.92 Å². The Hall–Kier alpha value is -1.90. The summed E-state index contributed by atoms with van der Waals surface area (Å²) in [4.78, 5) is 8.81. The second kappa shape index (κ2) is 4.95. The van der Waals surface area contributed by atoms with E-state index < -0.39 is 0 Å². The Bertz CT molecular complexity index is 521. The van der Waals surface area contributed by atoms with Crippen LogP contribution >= 0.6 is 0 Å². The lowest BCUT2D eigenvalue weighted by atomic mass is 10.1. The number of hydrogen-bond donors (Lipinski definition) is 1. The lowest BCUT2D eigenvalue weighted by Gasteiger charge is -2.07. The summed E-state index contributed by atoms with van der Waals surface area (Å²) >= 11 is 0. The van der Waals surface area contributed by atoms with E-state index >= 15 is 0 Å². The third-order valence-corrected chi connectivity index (χ3v) is 2.69. The fraction of sp³-hybridized carbons (Fsp3) is 0.286. The largest absolute Gasteiger partial charge is 0.384 e. The van der Waals surface area contributed by atoms with Gasteiger partial charge in [0.05, 0.1) is 5.69 Å². The van der Waals surface area contributed by atoms with Gasteiger partial charge in [0.15, 0.2) is 0 Å². The fourth-order valence-corrected chi connectivity index (χ4v) is 1.85. The van der Waals surface area contributed by atoms with Gasteiger partial charge in [0.1, 0.15) is 11.6 Å². The Kier molecular flexibility index (Phi) is 3.38. The number of aryl methyl sites for hydroxylation is 2. The number of nitrogens with two attached hydrogens (primary N) is 1. The van der Waals surface area contributed by atoms with Crippen LogP contribution in [0.2, 0.25) is 0 Å². The van der Waals surface area contributed by atoms with Gasteiger partial charge in [-0.2, -0.15) is 0 Å². The SMILES string of the molecule is CCCc1nc(N)cc(-c2ccccc2C)n1. The highest BCUT2D eigenvalue weighted by molar-refractivity contribution is 5.65. The van der Waals surface area contributed by atoms with Crippen LogP contribution in [0.15, 0.2) is 30.3 Å². The summed E-state index contributed by atoms with van der Waals surface area (Å²) < 4.78 is 0. The molecule has 0 radical (unpaired) electrons. The summed E-state index contributed by atoms with van der Waals surface area (Å²) in [7, 11) is 0. The predicted octanol–water partition coefficient (Wildman–Crippen LogP) is 2.99. The molecule has 88 valence electrons. The molecule has 3 heteroatoms. The van der Waals surface area contributed by atoms with Crippen molar-refractivity contribution in [1.82, 2.24) is 9.97 Å². The van der Waals surface area contributed by atoms with Crippen LogP contribution in [0.4, 0.5) is 5.82 Å². The molecule has 0 atom stereocenters. The van der Waals surface area contributed by atoms with Gasteiger partial charge in [0.25, 0.3) is 0 Å². The topological polar surface area (TPSA) is 51.8 Å². The van der Waals surface area contributed by atoms with Crippen molar-refractivity contribution in [2.24, 2.45) is 0 Å². The van der Waals surface area contributed by atoms with Crippen molar-refractivity contribution in [2.75, 3.05) is 5.73 Å². The number of nitrogen functional groups attached to an aromatic ring is 1. The van der Waals surface area contributed by atoms with Crippen LogP contribution in [0.1, 0.15) is 24.7 Å². The summed E-state index contributed by atoms with van der Waals surface area (Å²) in [5.74, 6) is 1.37. The third kappa shape index (κ3) is 2.61. The highest BCUT2D eigenvalue weighted by atomic mass is 14.9. The Morgan fingerprint density at radius 2 is 1.94 bits per heavy atom. The van der Waals surface area contributed by atoms with Crippen LogP contribution in [0.25, 0.3) is 11.3 Å². The van der Waals surface area contributed by atoms with Crippen molar-refractivity contribution >= 4 is 5.82 Å². The molecule has 0 unspecified atom stereocenters. The standard InChI is InChI=1S/C14H17N3/c1-3-6-14-16-12(9-13(15)17-14)11-8-5-4-7-10(11)2/h4-5,7-9H,3,6H2,1-2H3,(H2,15,16,17). The van der Waals surface area contributed by atoms with Gasteiger partial charge in [-0.1, -0.05) is 31.2 Å². The molecular weight excluding hydrogens is 210 g/mol. The van der Waals surface area contributed by atoms with Gasteiger partial charge in [-0.3, -0.25) is 0 Å². The van der Waals surface area contributed by atoms with Crippen molar-refractivity contribution in [1.29, 1.82) is 0 Å². The number of benzene rings is 1. The quantitative estimate of drug-likeness (QED) is 0.877. The summed E-state index contributed by atoms with van der Waals surface area (Å²) in [6.45, 7) is 4.19. The van der Waals surface area contributed by atoms with E-state index in [1.165, 1.54) is 5.56 Å². The van der Waals surface area contributed by atoms with Gasteiger partial charge in [-0.05, 0) is 18.9 Å². The van der Waals surface area contributed by atoms with Crippen molar-refractivity contribution in [3.8, 4) is 11.3 Å². The summed E-state index contributed by atoms with van der Waals surface area (Å²) in [5.41, 5.74) is 9.07. The van der Waals surface area contributed by atoms with E-state index in [0.29, 0.717) is 5.82 Å². The average Bonchev–Trinajstić information content (AvgIpc) is 2.29. The number of aromatic nitrogens is 2. The maximum atomic E-state index is 5.83. The monoisotopic (exact) mass is 227 g/mol. The van der Waals surface area contributed by atoms with Gasteiger partial charge in [-0.15, -0.1) is 0 Å². The highest BCUT2D eigenvalue weighted by Crippen LogP contribution is 2.22. The highest BCUT2D eigenvalue weighted by Gasteiger charge is 2.06. The second-order valence-corrected chi connectivity index (χ2v) is 4.16. The van der Waals surface area contributed by atoms with Gasteiger partial charge in [0, 0.05) is 18.1 Å². The molecule has 1 aromatic heterocycles. The van der Waals surface area contributed by atoms with E-state index in [-0.39, 0.29) is 0 Å². The van der Waals surface area contributed by atoms with E-state index in [1.54, 1.807) is 0 Å². The molecule has 0 aliphatic heterocycles. The zero-order valence-electron chi connectivity index (χ0n) is 10.3. The van der Waals surface area contributed by atoms with Crippen LogP contribution in [-0.4, -0.2) is 9.97 Å². The van der Waals surface area contributed by atoms with Crippen LogP contribution in [0.5, 0.6) is 0 Å². The van der Waals surface area contributed by atoms with E-state index in [4.69, 9.17) is 5.73 Å². The molecule has 0 saturated heterocycles. The first-order chi connectivity index (χ1) is 8.20. The van der Waals surface area contributed by atoms with Crippen molar-refractivity contribution in [2.45, 2.75) is 26.7 Å². The van der Waals surface area contributed by atoms with E-state index in [0.717, 1.165) is 29.9 Å². The molecule has 0 amide bonds. The number of hydrogen-bond acceptors (Lipinski definition) is 3. The van der Waals surface area contributed by atoms with Crippen molar-refractivity contribution < 1.29 is 0 Å². The first-order valence-electron chi connectivity index (χ1n) is 5.90. The average molecular weight is 227 g/mol. The molecule has 0 aliphatic carbocycles. The van der Waals surface area contributed by atoms with Crippen molar-refractivity contribution in [3.05, 3.63) is 41.7 Å². The molecule has 0 bridgehead atoms. The van der Waals surface area contributed by atoms with Gasteiger partial charge in [0.2, 0.25) is 0 Å². The summed E-state index contributed by atoms with van der Waals surface area (Å²) in [6, 6.07) is 10.0. The van der Waals surface area contributed by atoms with Gasteiger partial charge < -0.3 is 5.73 Å². The van der Waals surface area contributed by atoms with Crippen LogP contribution in [0.3, 0.4) is 0 Å². The molecule has 1 heterocycles. The minimum atomic E-state index is 0.543. The first-order valence-corrected chi connectivity index (χ1v) is 5.90. The molecule has 17 heavy (non-hydrogen) atoms. The number of anilines is 1. The molecule has 1 aromatic carbocycles. The maximum absolute atomic E-state index is 5.83. The van der Waals surface area contributed by atoms with E-state index in [9.17, 15) is 0 Å². The Morgan fingerprint density at radius 1 is 1.18 bits per heavy atom. The fourth-order valence-electron chi connectivity index (χ4n) is 1.85. The minimum absolute atomic E-state index is 0.543. The second-order valence-electron chi connectivity index (χ2n) is 4.16. The number of rotatable bonds is 3. The number of nitrogens with zero attached hydrogens (tertiary/aromatic N) is 2. The van der Waals surface area contributed by atoms with Crippen LogP contribution < -0.4 is 5.73 Å². The summed E-state index contributed by atoms with van der Waals surface area (Å²) in [5, 5.41) is 0. The summed E-state index contributed by atoms with van der Waals surface area (Å²) in [6.07, 6.45) is 1.89. The molecule has 2 aromatic rings. The predicted molar refractivity (Wildman–Crippen MR) is 70.6 cm³/mol. The lowest BCUT2D eigenvalue weighted by molar-refractivity contribution is 0.839. The zero-order chi connectivity index (χ0) is 12.3. The molecule has 0 spiro atoms. The van der Waals surface area contributed by atoms with E-state index in [2.05, 4.69) is 35.9 Å². The normalized spacial score (nSPS) is 10.5. The zero-order valence-corrected chi connectivity index (χ0v) is 10.3. The van der Waals surface area contributed by atoms with Crippen LogP contribution in [-0.2, 0) is 6.42 Å². The van der Waals surface area contributed by atoms with Gasteiger partial charge in [-0.25, -0.2) is 9.97 Å². The Balaban J connectivity index is 2.48. The molecular formula is C14H17N3. The van der Waals surface area contributed by atoms with E-state index in [1.807, 2.05) is 18.2 Å². The molecule has 2 rings (SSSR count). The smallest absolute Gasteiger partial charge is 0.131 e. The van der Waals surface area contributed by atoms with Crippen molar-refractivity contribution in [3.63, 3.8) is 0 Å². The maximum Gasteiger partial charge on any atom is 0.131 e. The Labute approximate surface area is 102 Å². The van der Waals surface area contributed by atoms with Gasteiger partial charge >= 0.3 is 0 Å². The first kappa shape index (κ1) is 11.6. The Morgan fingerprint density at radius 3 is 2.65 bits per heavy atom. The molecule has 2 N–H and O–H groups in total. The molecule has 0 aliphatic rings. The molecule has 3 nitrogen and oxygen atoms in total. The lowest BCUT2D eigenvalue weighted by Crippen LogP contribution is -2.01. The minimum Gasteiger partial charge on any atom is -0.384 e. The molecule has 0 fully saturated rings. The molecule has 0 saturated carbocycles.